The highest BCUT2D eigenvalue weighted by Crippen LogP contribution is 2.39. The number of alkyl halides is 2. The minimum atomic E-state index is -3.77. The van der Waals surface area contributed by atoms with Crippen molar-refractivity contribution in [1.82, 2.24) is 5.32 Å². The van der Waals surface area contributed by atoms with E-state index in [0.717, 1.165) is 38.5 Å². The number of halogens is 2. The molecule has 0 radical (unpaired) electrons. The van der Waals surface area contributed by atoms with Gasteiger partial charge in [-0.15, -0.1) is 0 Å². The van der Waals surface area contributed by atoms with Crippen molar-refractivity contribution in [2.24, 2.45) is 0 Å². The average Bonchev–Trinajstić information content (AvgIpc) is 3.03. The second-order valence-corrected chi connectivity index (χ2v) is 11.7. The number of aliphatic carboxylic acids is 1. The fraction of sp³-hybridized carbons (Fsp3) is 0.765. The SMILES string of the molecule is CCCCOC[C@H]1O[C@@H](C(F)(F)CC(NC(=O)OCc2ccccc2)C(=O)O)[C@H](OCCCC)[C@@H](OCCCC)[C@H]1OCCCC. The summed E-state index contributed by atoms with van der Waals surface area (Å²) >= 11 is 0. The van der Waals surface area contributed by atoms with Gasteiger partial charge in [-0.25, -0.2) is 18.4 Å². The van der Waals surface area contributed by atoms with E-state index in [1.54, 1.807) is 30.3 Å². The van der Waals surface area contributed by atoms with Crippen molar-refractivity contribution >= 4 is 12.1 Å². The number of carbonyl (C=O) groups is 2. The zero-order valence-electron chi connectivity index (χ0n) is 27.9. The summed E-state index contributed by atoms with van der Waals surface area (Å²) in [6.07, 6.45) is -1.88. The summed E-state index contributed by atoms with van der Waals surface area (Å²) in [6.45, 7) is 9.14. The number of unbranched alkanes of at least 4 members (excludes halogenated alkanes) is 4. The van der Waals surface area contributed by atoms with Crippen molar-refractivity contribution in [1.29, 1.82) is 0 Å². The molecule has 1 aromatic carbocycles. The van der Waals surface area contributed by atoms with Crippen LogP contribution in [0.1, 0.15) is 91.0 Å². The number of benzene rings is 1. The van der Waals surface area contributed by atoms with Crippen LogP contribution in [0.4, 0.5) is 13.6 Å². The summed E-state index contributed by atoms with van der Waals surface area (Å²) in [5, 5.41) is 11.9. The molecule has 1 aromatic rings. The molecule has 1 saturated heterocycles. The smallest absolute Gasteiger partial charge is 0.408 e. The largest absolute Gasteiger partial charge is 0.480 e. The Kier molecular flexibility index (Phi) is 19.2. The Labute approximate surface area is 272 Å². The van der Waals surface area contributed by atoms with Crippen LogP contribution in [-0.2, 0) is 39.8 Å². The summed E-state index contributed by atoms with van der Waals surface area (Å²) < 4.78 is 68.4. The first-order chi connectivity index (χ1) is 22.2. The maximum atomic E-state index is 16.4. The Bertz CT molecular complexity index is 971. The Morgan fingerprint density at radius 3 is 1.96 bits per heavy atom. The van der Waals surface area contributed by atoms with Crippen LogP contribution in [0, 0.1) is 0 Å². The average molecular weight is 660 g/mol. The van der Waals surface area contributed by atoms with E-state index in [4.69, 9.17) is 28.4 Å². The fourth-order valence-electron chi connectivity index (χ4n) is 4.99. The quantitative estimate of drug-likeness (QED) is 0.119. The molecule has 0 saturated carbocycles. The van der Waals surface area contributed by atoms with E-state index in [1.807, 2.05) is 27.7 Å². The van der Waals surface area contributed by atoms with Gasteiger partial charge in [-0.2, -0.15) is 0 Å². The van der Waals surface area contributed by atoms with Crippen molar-refractivity contribution in [3.05, 3.63) is 35.9 Å². The Morgan fingerprint density at radius 2 is 1.39 bits per heavy atom. The normalized spacial score (nSPS) is 22.3. The van der Waals surface area contributed by atoms with Gasteiger partial charge in [0.25, 0.3) is 5.92 Å². The molecule has 46 heavy (non-hydrogen) atoms. The van der Waals surface area contributed by atoms with Gasteiger partial charge in [0.05, 0.1) is 6.61 Å². The maximum absolute atomic E-state index is 16.4. The topological polar surface area (TPSA) is 122 Å². The molecule has 10 nitrogen and oxygen atoms in total. The number of hydrogen-bond acceptors (Lipinski definition) is 8. The second kappa shape index (κ2) is 22.2. The van der Waals surface area contributed by atoms with Crippen LogP contribution < -0.4 is 5.32 Å². The van der Waals surface area contributed by atoms with Crippen LogP contribution in [0.3, 0.4) is 0 Å². The number of ether oxygens (including phenoxy) is 6. The molecule has 2 N–H and O–H groups in total. The third-order valence-corrected chi connectivity index (χ3v) is 7.68. The van der Waals surface area contributed by atoms with Gasteiger partial charge in [-0.3, -0.25) is 0 Å². The Morgan fingerprint density at radius 1 is 0.848 bits per heavy atom. The Balaban J connectivity index is 2.36. The fourth-order valence-corrected chi connectivity index (χ4v) is 4.99. The molecule has 1 aliphatic rings. The molecule has 0 aliphatic carbocycles. The number of alkyl carbamates (subject to hydrolysis) is 1. The third-order valence-electron chi connectivity index (χ3n) is 7.68. The van der Waals surface area contributed by atoms with Crippen molar-refractivity contribution in [3.63, 3.8) is 0 Å². The number of carbonyl (C=O) groups excluding carboxylic acids is 1. The molecule has 1 aliphatic heterocycles. The van der Waals surface area contributed by atoms with E-state index in [2.05, 4.69) is 5.32 Å². The molecular formula is C34H55F2NO9. The molecule has 0 spiro atoms. The van der Waals surface area contributed by atoms with Crippen LogP contribution in [0.25, 0.3) is 0 Å². The van der Waals surface area contributed by atoms with Gasteiger partial charge in [0.15, 0.2) is 6.10 Å². The summed E-state index contributed by atoms with van der Waals surface area (Å²) in [4.78, 5) is 24.6. The number of carboxylic acids is 1. The lowest BCUT2D eigenvalue weighted by molar-refractivity contribution is -0.306. The molecule has 2 rings (SSSR count). The van der Waals surface area contributed by atoms with Crippen LogP contribution >= 0.6 is 0 Å². The van der Waals surface area contributed by atoms with Crippen molar-refractivity contribution in [2.75, 3.05) is 33.0 Å². The summed E-state index contributed by atoms with van der Waals surface area (Å²) in [7, 11) is 0. The highest BCUT2D eigenvalue weighted by Gasteiger charge is 2.58. The standard InChI is InChI=1S/C34H55F2NO9/c1-5-9-18-41-24-27-28(42-19-10-6-2)29(43-20-11-7-3)30(44-21-12-8-4)31(46-27)34(35,36)22-26(32(38)39)37-33(40)45-23-25-16-14-13-15-17-25/h13-17,26-31H,5-12,18-24H2,1-4H3,(H,37,40)(H,38,39)/t26?,27-,28+,29+,30-,31-/m1/s1. The highest BCUT2D eigenvalue weighted by atomic mass is 19.3. The van der Waals surface area contributed by atoms with E-state index in [9.17, 15) is 14.7 Å². The minimum absolute atomic E-state index is 0.00882. The summed E-state index contributed by atoms with van der Waals surface area (Å²) in [5.41, 5.74) is 0.662. The molecule has 264 valence electrons. The van der Waals surface area contributed by atoms with Gasteiger partial charge in [0, 0.05) is 32.8 Å². The highest BCUT2D eigenvalue weighted by molar-refractivity contribution is 5.80. The summed E-state index contributed by atoms with van der Waals surface area (Å²) in [5.74, 6) is -5.40. The molecule has 1 heterocycles. The second-order valence-electron chi connectivity index (χ2n) is 11.7. The Hall–Kier alpha value is -2.38. The first-order valence-corrected chi connectivity index (χ1v) is 16.8. The molecule has 1 fully saturated rings. The lowest BCUT2D eigenvalue weighted by Crippen LogP contribution is -2.66. The minimum Gasteiger partial charge on any atom is -0.480 e. The number of carboxylic acid groups (broad SMARTS) is 1. The summed E-state index contributed by atoms with van der Waals surface area (Å²) in [6, 6.07) is 6.77. The van der Waals surface area contributed by atoms with E-state index < -0.39 is 61.0 Å². The van der Waals surface area contributed by atoms with Crippen molar-refractivity contribution in [2.45, 2.75) is 135 Å². The number of hydrogen-bond donors (Lipinski definition) is 2. The molecule has 0 aromatic heterocycles. The molecule has 6 atom stereocenters. The van der Waals surface area contributed by atoms with Gasteiger partial charge in [0.2, 0.25) is 0 Å². The number of nitrogens with one attached hydrogen (secondary N) is 1. The van der Waals surface area contributed by atoms with Gasteiger partial charge < -0.3 is 38.8 Å². The van der Waals surface area contributed by atoms with E-state index in [0.29, 0.717) is 38.2 Å². The predicted octanol–water partition coefficient (Wildman–Crippen LogP) is 6.53. The van der Waals surface area contributed by atoms with Crippen LogP contribution in [0.2, 0.25) is 0 Å². The van der Waals surface area contributed by atoms with Crippen LogP contribution in [0.5, 0.6) is 0 Å². The van der Waals surface area contributed by atoms with E-state index >= 15 is 8.78 Å². The zero-order chi connectivity index (χ0) is 33.8. The molecule has 0 bridgehead atoms. The van der Waals surface area contributed by atoms with Gasteiger partial charge in [-0.1, -0.05) is 83.7 Å². The van der Waals surface area contributed by atoms with Crippen LogP contribution in [0.15, 0.2) is 30.3 Å². The zero-order valence-corrected chi connectivity index (χ0v) is 27.9. The lowest BCUT2D eigenvalue weighted by Gasteiger charge is -2.48. The third kappa shape index (κ3) is 13.8. The van der Waals surface area contributed by atoms with Crippen LogP contribution in [-0.4, -0.2) is 92.7 Å². The predicted molar refractivity (Wildman–Crippen MR) is 169 cm³/mol. The van der Waals surface area contributed by atoms with Gasteiger partial charge >= 0.3 is 12.1 Å². The molecular weight excluding hydrogens is 604 g/mol. The monoisotopic (exact) mass is 659 g/mol. The van der Waals surface area contributed by atoms with E-state index in [-0.39, 0.29) is 19.8 Å². The van der Waals surface area contributed by atoms with Crippen molar-refractivity contribution < 1.29 is 51.9 Å². The lowest BCUT2D eigenvalue weighted by atomic mass is 9.88. The van der Waals surface area contributed by atoms with Gasteiger partial charge in [-0.05, 0) is 31.2 Å². The van der Waals surface area contributed by atoms with Crippen molar-refractivity contribution in [3.8, 4) is 0 Å². The molecule has 1 amide bonds. The number of rotatable bonds is 24. The first kappa shape index (κ1) is 39.8. The number of amides is 1. The van der Waals surface area contributed by atoms with E-state index in [1.165, 1.54) is 0 Å². The molecule has 1 unspecified atom stereocenters. The first-order valence-electron chi connectivity index (χ1n) is 16.8. The molecule has 12 heteroatoms. The maximum Gasteiger partial charge on any atom is 0.408 e. The van der Waals surface area contributed by atoms with Gasteiger partial charge in [0.1, 0.15) is 37.1 Å².